The van der Waals surface area contributed by atoms with E-state index in [1.165, 1.54) is 0 Å². The van der Waals surface area contributed by atoms with Crippen LogP contribution in [0.15, 0.2) is 18.2 Å². The predicted molar refractivity (Wildman–Crippen MR) is 84.1 cm³/mol. The zero-order chi connectivity index (χ0) is 15.7. The molecule has 7 heteroatoms. The minimum atomic E-state index is -0.270. The van der Waals surface area contributed by atoms with Crippen molar-refractivity contribution >= 4 is 40.7 Å². The monoisotopic (exact) mass is 342 g/mol. The number of rotatable bonds is 3. The lowest BCUT2D eigenvalue weighted by atomic mass is 10.2. The molecule has 1 saturated carbocycles. The van der Waals surface area contributed by atoms with Gasteiger partial charge in [0.1, 0.15) is 0 Å². The summed E-state index contributed by atoms with van der Waals surface area (Å²) in [6.07, 6.45) is 0.594. The third-order valence-electron chi connectivity index (χ3n) is 3.90. The van der Waals surface area contributed by atoms with E-state index in [0.29, 0.717) is 48.5 Å². The summed E-state index contributed by atoms with van der Waals surface area (Å²) >= 11 is 11.8. The lowest BCUT2D eigenvalue weighted by Gasteiger charge is -2.27. The predicted octanol–water partition coefficient (Wildman–Crippen LogP) is 2.43. The van der Waals surface area contributed by atoms with Crippen LogP contribution in [0.5, 0.6) is 0 Å². The van der Waals surface area contributed by atoms with Gasteiger partial charge in [-0.15, -0.1) is 0 Å². The van der Waals surface area contributed by atoms with Gasteiger partial charge in [0.2, 0.25) is 11.8 Å². The van der Waals surface area contributed by atoms with Crippen LogP contribution in [0.2, 0.25) is 10.0 Å². The molecule has 1 aliphatic carbocycles. The van der Waals surface area contributed by atoms with Crippen molar-refractivity contribution in [1.29, 1.82) is 0 Å². The van der Waals surface area contributed by atoms with E-state index >= 15 is 0 Å². The number of hydrogen-bond acceptors (Lipinski definition) is 3. The molecule has 2 unspecified atom stereocenters. The normalized spacial score (nSPS) is 24.0. The fourth-order valence-corrected chi connectivity index (χ4v) is 3.16. The Morgan fingerprint density at radius 1 is 1.09 bits per heavy atom. The van der Waals surface area contributed by atoms with E-state index in [4.69, 9.17) is 27.9 Å². The van der Waals surface area contributed by atoms with Crippen molar-refractivity contribution < 1.29 is 14.3 Å². The molecule has 0 bridgehead atoms. The Labute approximate surface area is 138 Å². The van der Waals surface area contributed by atoms with Crippen LogP contribution >= 0.6 is 23.2 Å². The number of amides is 2. The Kier molecular flexibility index (Phi) is 4.57. The van der Waals surface area contributed by atoms with Gasteiger partial charge in [-0.25, -0.2) is 0 Å². The molecule has 5 nitrogen and oxygen atoms in total. The number of carbonyl (C=O) groups is 2. The van der Waals surface area contributed by atoms with Crippen LogP contribution in [0.25, 0.3) is 0 Å². The van der Waals surface area contributed by atoms with E-state index in [1.807, 2.05) is 0 Å². The second kappa shape index (κ2) is 6.44. The maximum atomic E-state index is 12.3. The highest BCUT2D eigenvalue weighted by Gasteiger charge is 2.49. The van der Waals surface area contributed by atoms with Crippen molar-refractivity contribution in [3.8, 4) is 0 Å². The maximum Gasteiger partial charge on any atom is 0.228 e. The van der Waals surface area contributed by atoms with Crippen molar-refractivity contribution in [3.63, 3.8) is 0 Å². The summed E-state index contributed by atoms with van der Waals surface area (Å²) in [5.74, 6) is -0.599. The van der Waals surface area contributed by atoms with Crippen molar-refractivity contribution in [2.45, 2.75) is 6.42 Å². The van der Waals surface area contributed by atoms with Crippen molar-refractivity contribution in [2.75, 3.05) is 31.6 Å². The first-order valence-electron chi connectivity index (χ1n) is 7.18. The van der Waals surface area contributed by atoms with E-state index in [2.05, 4.69) is 5.32 Å². The standard InChI is InChI=1S/C15H16Cl2N2O3/c16-9-5-10(17)7-11(6-9)18-14(20)12-8-13(12)15(21)19-1-3-22-4-2-19/h5-7,12-13H,1-4,8H2,(H,18,20). The molecule has 1 aromatic rings. The first kappa shape index (κ1) is 15.6. The SMILES string of the molecule is O=C(Nc1cc(Cl)cc(Cl)c1)C1CC1C(=O)N1CCOCC1. The fraction of sp³-hybridized carbons (Fsp3) is 0.467. The fourth-order valence-electron chi connectivity index (χ4n) is 2.64. The van der Waals surface area contributed by atoms with Gasteiger partial charge in [-0.1, -0.05) is 23.2 Å². The molecule has 118 valence electrons. The van der Waals surface area contributed by atoms with Gasteiger partial charge in [-0.05, 0) is 24.6 Å². The molecule has 0 aromatic heterocycles. The molecule has 1 saturated heterocycles. The number of nitrogens with one attached hydrogen (secondary N) is 1. The first-order chi connectivity index (χ1) is 10.5. The van der Waals surface area contributed by atoms with Crippen LogP contribution in [0.1, 0.15) is 6.42 Å². The zero-order valence-electron chi connectivity index (χ0n) is 11.9. The summed E-state index contributed by atoms with van der Waals surface area (Å²) in [6, 6.07) is 4.86. The Bertz CT molecular complexity index is 582. The van der Waals surface area contributed by atoms with Crippen molar-refractivity contribution in [2.24, 2.45) is 11.8 Å². The number of halogens is 2. The lowest BCUT2D eigenvalue weighted by Crippen LogP contribution is -2.42. The third-order valence-corrected chi connectivity index (χ3v) is 4.33. The van der Waals surface area contributed by atoms with Crippen LogP contribution < -0.4 is 5.32 Å². The molecule has 2 atom stereocenters. The summed E-state index contributed by atoms with van der Waals surface area (Å²) in [6.45, 7) is 2.34. The van der Waals surface area contributed by atoms with Crippen LogP contribution in [-0.4, -0.2) is 43.0 Å². The molecule has 2 amide bonds. The molecular formula is C15H16Cl2N2O3. The van der Waals surface area contributed by atoms with E-state index in [1.54, 1.807) is 23.1 Å². The average molecular weight is 343 g/mol. The van der Waals surface area contributed by atoms with Gasteiger partial charge in [0.05, 0.1) is 25.0 Å². The van der Waals surface area contributed by atoms with Crippen LogP contribution in [0.3, 0.4) is 0 Å². The van der Waals surface area contributed by atoms with Crippen LogP contribution in [-0.2, 0) is 14.3 Å². The van der Waals surface area contributed by atoms with Crippen LogP contribution in [0.4, 0.5) is 5.69 Å². The third kappa shape index (κ3) is 3.54. The van der Waals surface area contributed by atoms with Crippen LogP contribution in [0, 0.1) is 11.8 Å². The molecular weight excluding hydrogens is 327 g/mol. The Morgan fingerprint density at radius 3 is 2.36 bits per heavy atom. The van der Waals surface area contributed by atoms with E-state index in [0.717, 1.165) is 0 Å². The minimum Gasteiger partial charge on any atom is -0.378 e. The molecule has 2 aliphatic rings. The second-order valence-electron chi connectivity index (χ2n) is 5.53. The Hall–Kier alpha value is -1.30. The number of benzene rings is 1. The number of nitrogens with zero attached hydrogens (tertiary/aromatic N) is 1. The summed E-state index contributed by atoms with van der Waals surface area (Å²) < 4.78 is 5.23. The molecule has 2 fully saturated rings. The number of hydrogen-bond donors (Lipinski definition) is 1. The number of ether oxygens (including phenoxy) is 1. The van der Waals surface area contributed by atoms with E-state index < -0.39 is 0 Å². The number of morpholine rings is 1. The topological polar surface area (TPSA) is 58.6 Å². The molecule has 1 N–H and O–H groups in total. The summed E-state index contributed by atoms with van der Waals surface area (Å²) in [4.78, 5) is 26.3. The van der Waals surface area contributed by atoms with E-state index in [9.17, 15) is 9.59 Å². The molecule has 1 aliphatic heterocycles. The van der Waals surface area contributed by atoms with Gasteiger partial charge in [0.15, 0.2) is 0 Å². The van der Waals surface area contributed by atoms with Crippen molar-refractivity contribution in [1.82, 2.24) is 4.90 Å². The van der Waals surface area contributed by atoms with Gasteiger partial charge in [-0.2, -0.15) is 0 Å². The van der Waals surface area contributed by atoms with E-state index in [-0.39, 0.29) is 23.7 Å². The average Bonchev–Trinajstić information content (AvgIpc) is 3.27. The highest BCUT2D eigenvalue weighted by Crippen LogP contribution is 2.41. The summed E-state index contributed by atoms with van der Waals surface area (Å²) in [5, 5.41) is 3.69. The van der Waals surface area contributed by atoms with Crippen molar-refractivity contribution in [3.05, 3.63) is 28.2 Å². The first-order valence-corrected chi connectivity index (χ1v) is 7.93. The number of carbonyl (C=O) groups excluding carboxylic acids is 2. The molecule has 1 aromatic carbocycles. The second-order valence-corrected chi connectivity index (χ2v) is 6.41. The maximum absolute atomic E-state index is 12.3. The highest BCUT2D eigenvalue weighted by molar-refractivity contribution is 6.35. The molecule has 1 heterocycles. The quantitative estimate of drug-likeness (QED) is 0.917. The van der Waals surface area contributed by atoms with Gasteiger partial charge >= 0.3 is 0 Å². The molecule has 0 spiro atoms. The Balaban J connectivity index is 1.57. The molecule has 0 radical (unpaired) electrons. The largest absolute Gasteiger partial charge is 0.378 e. The summed E-state index contributed by atoms with van der Waals surface area (Å²) in [5.41, 5.74) is 0.548. The van der Waals surface area contributed by atoms with Gasteiger partial charge in [0.25, 0.3) is 0 Å². The van der Waals surface area contributed by atoms with Gasteiger partial charge < -0.3 is 15.0 Å². The van der Waals surface area contributed by atoms with Gasteiger partial charge in [-0.3, -0.25) is 9.59 Å². The number of anilines is 1. The molecule has 3 rings (SSSR count). The molecule has 22 heavy (non-hydrogen) atoms. The minimum absolute atomic E-state index is 0.0487. The zero-order valence-corrected chi connectivity index (χ0v) is 13.4. The van der Waals surface area contributed by atoms with Gasteiger partial charge in [0, 0.05) is 28.8 Å². The smallest absolute Gasteiger partial charge is 0.228 e. The highest BCUT2D eigenvalue weighted by atomic mass is 35.5. The lowest BCUT2D eigenvalue weighted by molar-refractivity contribution is -0.137. The Morgan fingerprint density at radius 2 is 1.73 bits per heavy atom. The summed E-state index contributed by atoms with van der Waals surface area (Å²) in [7, 11) is 0.